The summed E-state index contributed by atoms with van der Waals surface area (Å²) in [6.07, 6.45) is 5.92. The van der Waals surface area contributed by atoms with E-state index in [1.54, 1.807) is 31.8 Å². The Morgan fingerprint density at radius 3 is 2.65 bits per heavy atom. The molecule has 26 heavy (non-hydrogen) atoms. The molecule has 1 unspecified atom stereocenters. The lowest BCUT2D eigenvalue weighted by molar-refractivity contribution is 0.0234. The molecule has 7 nitrogen and oxygen atoms in total. The number of aromatic nitrogens is 2. The highest BCUT2D eigenvalue weighted by molar-refractivity contribution is 5.94. The highest BCUT2D eigenvalue weighted by Crippen LogP contribution is 2.38. The zero-order valence-corrected chi connectivity index (χ0v) is 15.2. The molecular formula is C19H24N4O3. The Hall–Kier alpha value is -2.67. The summed E-state index contributed by atoms with van der Waals surface area (Å²) in [6, 6.07) is 5.20. The number of anilines is 1. The van der Waals surface area contributed by atoms with E-state index in [1.807, 2.05) is 31.1 Å². The second-order valence-electron chi connectivity index (χ2n) is 6.79. The van der Waals surface area contributed by atoms with Crippen LogP contribution in [-0.2, 0) is 0 Å². The smallest absolute Gasteiger partial charge is 0.253 e. The Morgan fingerprint density at radius 1 is 1.31 bits per heavy atom. The lowest BCUT2D eigenvalue weighted by Gasteiger charge is -2.38. The van der Waals surface area contributed by atoms with Gasteiger partial charge in [-0.05, 0) is 42.5 Å². The van der Waals surface area contributed by atoms with Gasteiger partial charge < -0.3 is 20.1 Å². The number of hydrogen-bond donors (Lipinski definition) is 2. The highest BCUT2D eigenvalue weighted by atomic mass is 16.5. The fourth-order valence-electron chi connectivity index (χ4n) is 3.10. The fourth-order valence-corrected chi connectivity index (χ4v) is 3.10. The number of carbonyl (C=O) groups is 1. The van der Waals surface area contributed by atoms with E-state index < -0.39 is 0 Å². The van der Waals surface area contributed by atoms with Crippen LogP contribution in [0.15, 0.2) is 36.8 Å². The molecule has 0 bridgehead atoms. The molecule has 0 spiro atoms. The van der Waals surface area contributed by atoms with Gasteiger partial charge in [-0.1, -0.05) is 0 Å². The van der Waals surface area contributed by atoms with Crippen molar-refractivity contribution in [2.24, 2.45) is 5.92 Å². The molecule has 138 valence electrons. The first-order valence-corrected chi connectivity index (χ1v) is 8.59. The van der Waals surface area contributed by atoms with E-state index in [0.717, 1.165) is 11.4 Å². The minimum atomic E-state index is -0.306. The second-order valence-corrected chi connectivity index (χ2v) is 6.79. The number of aliphatic hydroxyl groups excluding tert-OH is 1. The minimum absolute atomic E-state index is 0.164. The molecule has 0 radical (unpaired) electrons. The van der Waals surface area contributed by atoms with Crippen molar-refractivity contribution >= 4 is 11.7 Å². The van der Waals surface area contributed by atoms with Crippen LogP contribution in [0.3, 0.4) is 0 Å². The topological polar surface area (TPSA) is 87.6 Å². The van der Waals surface area contributed by atoms with Crippen LogP contribution in [0.2, 0.25) is 0 Å². The maximum Gasteiger partial charge on any atom is 0.253 e. The lowest BCUT2D eigenvalue weighted by atomic mass is 9.75. The van der Waals surface area contributed by atoms with Gasteiger partial charge >= 0.3 is 0 Å². The summed E-state index contributed by atoms with van der Waals surface area (Å²) in [5.41, 5.74) is 1.36. The van der Waals surface area contributed by atoms with Crippen molar-refractivity contribution in [3.05, 3.63) is 47.9 Å². The third-order valence-electron chi connectivity index (χ3n) is 4.71. The van der Waals surface area contributed by atoms with Crippen LogP contribution >= 0.6 is 0 Å². The maximum atomic E-state index is 12.7. The van der Waals surface area contributed by atoms with E-state index in [-0.39, 0.29) is 24.0 Å². The molecule has 1 aliphatic carbocycles. The van der Waals surface area contributed by atoms with Crippen molar-refractivity contribution in [3.8, 4) is 5.75 Å². The van der Waals surface area contributed by atoms with Crippen molar-refractivity contribution < 1.29 is 14.6 Å². The summed E-state index contributed by atoms with van der Waals surface area (Å²) in [5, 5.41) is 12.8. The first kappa shape index (κ1) is 18.1. The normalized spacial score (nSPS) is 20.0. The Labute approximate surface area is 153 Å². The summed E-state index contributed by atoms with van der Waals surface area (Å²) < 4.78 is 5.24. The Bertz CT molecular complexity index is 758. The van der Waals surface area contributed by atoms with E-state index in [1.165, 1.54) is 0 Å². The molecule has 1 fully saturated rings. The van der Waals surface area contributed by atoms with Gasteiger partial charge in [0.15, 0.2) is 0 Å². The molecule has 1 atom stereocenters. The number of aliphatic hydroxyl groups is 1. The number of rotatable bonds is 6. The SMILES string of the molecule is COc1cncc(C(NC(=O)c2ccc(N(C)C)nc2)C2CC(O)C2)c1. The Kier molecular flexibility index (Phi) is 5.37. The zero-order valence-electron chi connectivity index (χ0n) is 15.2. The second kappa shape index (κ2) is 7.70. The van der Waals surface area contributed by atoms with E-state index in [2.05, 4.69) is 15.3 Å². The molecule has 1 aliphatic rings. The highest BCUT2D eigenvalue weighted by Gasteiger charge is 2.36. The third kappa shape index (κ3) is 3.94. The van der Waals surface area contributed by atoms with Gasteiger partial charge in [0.2, 0.25) is 0 Å². The van der Waals surface area contributed by atoms with Crippen LogP contribution in [0.1, 0.15) is 34.8 Å². The first-order chi connectivity index (χ1) is 12.5. The van der Waals surface area contributed by atoms with E-state index >= 15 is 0 Å². The largest absolute Gasteiger partial charge is 0.495 e. The predicted molar refractivity (Wildman–Crippen MR) is 98.3 cm³/mol. The van der Waals surface area contributed by atoms with Gasteiger partial charge in [0, 0.05) is 26.5 Å². The van der Waals surface area contributed by atoms with Crippen molar-refractivity contribution in [2.75, 3.05) is 26.1 Å². The first-order valence-electron chi connectivity index (χ1n) is 8.59. The number of pyridine rings is 2. The molecule has 1 amide bonds. The maximum absolute atomic E-state index is 12.7. The van der Waals surface area contributed by atoms with Crippen LogP contribution in [0.5, 0.6) is 5.75 Å². The number of amides is 1. The molecule has 2 heterocycles. The van der Waals surface area contributed by atoms with Crippen molar-refractivity contribution in [3.63, 3.8) is 0 Å². The predicted octanol–water partition coefficient (Wildman–Crippen LogP) is 1.79. The molecule has 7 heteroatoms. The molecule has 0 aromatic carbocycles. The number of methoxy groups -OCH3 is 1. The van der Waals surface area contributed by atoms with Crippen molar-refractivity contribution in [2.45, 2.75) is 25.0 Å². The fraction of sp³-hybridized carbons (Fsp3) is 0.421. The minimum Gasteiger partial charge on any atom is -0.495 e. The number of nitrogens with one attached hydrogen (secondary N) is 1. The number of nitrogens with zero attached hydrogens (tertiary/aromatic N) is 3. The molecular weight excluding hydrogens is 332 g/mol. The number of carbonyl (C=O) groups excluding carboxylic acids is 1. The van der Waals surface area contributed by atoms with Crippen LogP contribution in [0.25, 0.3) is 0 Å². The quantitative estimate of drug-likeness (QED) is 0.821. The van der Waals surface area contributed by atoms with Crippen molar-refractivity contribution in [1.82, 2.24) is 15.3 Å². The Balaban J connectivity index is 1.79. The van der Waals surface area contributed by atoms with Gasteiger partial charge in [-0.3, -0.25) is 9.78 Å². The standard InChI is InChI=1S/C19H24N4O3/c1-23(2)17-5-4-12(10-21-17)19(25)22-18(13-6-15(24)7-13)14-8-16(26-3)11-20-9-14/h4-5,8-11,13,15,18,24H,6-7H2,1-3H3,(H,22,25). The zero-order chi connectivity index (χ0) is 18.7. The molecule has 0 aliphatic heterocycles. The lowest BCUT2D eigenvalue weighted by Crippen LogP contribution is -2.41. The third-order valence-corrected chi connectivity index (χ3v) is 4.71. The van der Waals surface area contributed by atoms with Gasteiger partial charge in [0.25, 0.3) is 5.91 Å². The van der Waals surface area contributed by atoms with E-state index in [9.17, 15) is 9.90 Å². The Morgan fingerprint density at radius 2 is 2.08 bits per heavy atom. The summed E-state index contributed by atoms with van der Waals surface area (Å²) >= 11 is 0. The van der Waals surface area contributed by atoms with Gasteiger partial charge in [-0.25, -0.2) is 4.98 Å². The van der Waals surface area contributed by atoms with Crippen LogP contribution in [0, 0.1) is 5.92 Å². The average molecular weight is 356 g/mol. The molecule has 2 aromatic rings. The number of hydrogen-bond acceptors (Lipinski definition) is 6. The van der Waals surface area contributed by atoms with Crippen LogP contribution in [0.4, 0.5) is 5.82 Å². The number of ether oxygens (including phenoxy) is 1. The molecule has 1 saturated carbocycles. The van der Waals surface area contributed by atoms with E-state index in [0.29, 0.717) is 24.2 Å². The summed E-state index contributed by atoms with van der Waals surface area (Å²) in [6.45, 7) is 0. The molecule has 3 rings (SSSR count). The van der Waals surface area contributed by atoms with Crippen LogP contribution in [-0.4, -0.2) is 48.3 Å². The van der Waals surface area contributed by atoms with Gasteiger partial charge in [0.1, 0.15) is 11.6 Å². The summed E-state index contributed by atoms with van der Waals surface area (Å²) in [5.74, 6) is 1.39. The summed E-state index contributed by atoms with van der Waals surface area (Å²) in [4.78, 5) is 23.1. The van der Waals surface area contributed by atoms with Gasteiger partial charge in [0.05, 0.1) is 31.0 Å². The summed E-state index contributed by atoms with van der Waals surface area (Å²) in [7, 11) is 5.38. The average Bonchev–Trinajstić information content (AvgIpc) is 2.63. The van der Waals surface area contributed by atoms with Crippen molar-refractivity contribution in [1.29, 1.82) is 0 Å². The molecule has 2 N–H and O–H groups in total. The van der Waals surface area contributed by atoms with Crippen LogP contribution < -0.4 is 15.0 Å². The van der Waals surface area contributed by atoms with E-state index in [4.69, 9.17) is 4.74 Å². The monoisotopic (exact) mass is 356 g/mol. The van der Waals surface area contributed by atoms with Gasteiger partial charge in [-0.2, -0.15) is 0 Å². The molecule has 2 aromatic heterocycles. The van der Waals surface area contributed by atoms with Gasteiger partial charge in [-0.15, -0.1) is 0 Å². The molecule has 0 saturated heterocycles.